The number of hydrogen-bond donors (Lipinski definition) is 0. The van der Waals surface area contributed by atoms with E-state index in [2.05, 4.69) is 122 Å². The molecule has 114 heavy (non-hydrogen) atoms. The van der Waals surface area contributed by atoms with Crippen LogP contribution in [0.15, 0.2) is 395 Å². The molecule has 0 unspecified atom stereocenters. The minimum Gasteiger partial charge on any atom is -0.256 e. The van der Waals surface area contributed by atoms with Crippen LogP contribution in [-0.4, -0.2) is 74.8 Å². The SMILES string of the molecule is c1ccc(-c2cccc(-c3cccc(-c4cc(-c5cccc(-c6cccc(-c7ccccn7)n6)c5)nc(-c5cccc(-c6cccc(-c7ccccn7)n6)c5)n4)c3)n2)cc1.c1ccc(-c2cccc(-c3nc(-c4cccc(-c5cccc(-c6ccccn6)n5)c4)nc(-c4cccc(-c5cccc(-c6ccccn6)n5)c4)n3)c2)nc1. The van der Waals surface area contributed by atoms with Crippen molar-refractivity contribution in [2.24, 2.45) is 0 Å². The highest BCUT2D eigenvalue weighted by atomic mass is 15.0. The number of benzene rings is 7. The monoisotopic (exact) mass is 1460 g/mol. The second kappa shape index (κ2) is 32.5. The van der Waals surface area contributed by atoms with Gasteiger partial charge in [-0.05, 0) is 164 Å². The van der Waals surface area contributed by atoms with Gasteiger partial charge in [0, 0.05) is 103 Å². The third-order valence-electron chi connectivity index (χ3n) is 19.1. The highest BCUT2D eigenvalue weighted by molar-refractivity contribution is 5.81. The first-order valence-electron chi connectivity index (χ1n) is 37.2. The summed E-state index contributed by atoms with van der Waals surface area (Å²) in [5.41, 5.74) is 26.2. The first-order valence-corrected chi connectivity index (χ1v) is 37.2. The van der Waals surface area contributed by atoms with E-state index in [-0.39, 0.29) is 0 Å². The molecule has 15 heteroatoms. The lowest BCUT2D eigenvalue weighted by Crippen LogP contribution is -2.01. The maximum atomic E-state index is 5.24. The second-order valence-corrected chi connectivity index (χ2v) is 26.7. The number of aromatic nitrogens is 15. The molecule has 12 aromatic heterocycles. The van der Waals surface area contributed by atoms with Crippen molar-refractivity contribution in [1.82, 2.24) is 74.8 Å². The molecule has 0 saturated carbocycles. The summed E-state index contributed by atoms with van der Waals surface area (Å²) < 4.78 is 0. The van der Waals surface area contributed by atoms with Gasteiger partial charge in [-0.2, -0.15) is 0 Å². The van der Waals surface area contributed by atoms with Crippen LogP contribution in [-0.2, 0) is 0 Å². The zero-order valence-corrected chi connectivity index (χ0v) is 61.2. The topological polar surface area (TPSA) is 193 Å². The van der Waals surface area contributed by atoms with Gasteiger partial charge >= 0.3 is 0 Å². The van der Waals surface area contributed by atoms with Gasteiger partial charge in [0.15, 0.2) is 23.3 Å². The Morgan fingerprint density at radius 3 is 0.588 bits per heavy atom. The molecule has 19 rings (SSSR count). The fourth-order valence-corrected chi connectivity index (χ4v) is 13.5. The summed E-state index contributed by atoms with van der Waals surface area (Å²) in [6.07, 6.45) is 8.92. The molecule has 0 fully saturated rings. The average Bonchev–Trinajstić information content (AvgIpc) is 0.792. The predicted molar refractivity (Wildman–Crippen MR) is 452 cm³/mol. The van der Waals surface area contributed by atoms with Crippen LogP contribution in [0.1, 0.15) is 0 Å². The molecule has 0 saturated heterocycles. The van der Waals surface area contributed by atoms with Gasteiger partial charge in [-0.1, -0.05) is 200 Å². The number of pyridine rings is 10. The Hall–Kier alpha value is -15.9. The molecule has 0 aliphatic heterocycles. The third-order valence-corrected chi connectivity index (χ3v) is 19.1. The molecule has 0 spiro atoms. The Kier molecular flexibility index (Phi) is 19.9. The zero-order valence-electron chi connectivity index (χ0n) is 61.2. The summed E-state index contributed by atoms with van der Waals surface area (Å²) in [5, 5.41) is 0. The number of nitrogens with zero attached hydrogens (tertiary/aromatic N) is 15. The molecule has 0 N–H and O–H groups in total. The number of rotatable bonds is 17. The Balaban J connectivity index is 0.000000159. The summed E-state index contributed by atoms with van der Waals surface area (Å²) in [5.74, 6) is 2.23. The zero-order chi connectivity index (χ0) is 76.2. The minimum absolute atomic E-state index is 0.543. The highest BCUT2D eigenvalue weighted by Gasteiger charge is 2.19. The highest BCUT2D eigenvalue weighted by Crippen LogP contribution is 2.37. The molecule has 19 aromatic rings. The van der Waals surface area contributed by atoms with Crippen LogP contribution < -0.4 is 0 Å². The molecule has 0 radical (unpaired) electrons. The Labute approximate surface area is 658 Å². The van der Waals surface area contributed by atoms with Gasteiger partial charge in [-0.3, -0.25) is 24.9 Å². The quantitative estimate of drug-likeness (QED) is 0.0835. The van der Waals surface area contributed by atoms with E-state index >= 15 is 0 Å². The van der Waals surface area contributed by atoms with E-state index in [1.54, 1.807) is 31.0 Å². The van der Waals surface area contributed by atoms with Crippen molar-refractivity contribution in [2.45, 2.75) is 0 Å². The van der Waals surface area contributed by atoms with E-state index in [0.717, 1.165) is 169 Å². The summed E-state index contributed by atoms with van der Waals surface area (Å²) in [4.78, 5) is 73.2. The standard InChI is InChI=1S/C53H35N7.C46H30N8/c1-2-14-36(15-3-1)43-24-11-25-44(56-43)37-16-8-19-40(32-37)51-35-52(41-20-9-17-38(33-41)45-26-12-28-49(57-45)47-22-4-6-30-54-47)60-53(59-51)42-21-10-18-39(34-42)46-27-13-29-50(58-46)48-23-5-7-31-55-48;1-4-25-47-37(18-1)31-12-7-15-34(28-31)44-52-45(35-16-8-13-32(29-35)38-21-10-23-42(50-38)40-19-2-5-26-48-40)54-46(53-44)36-17-9-14-33(30-36)39-22-11-24-43(51-39)41-20-3-6-27-49-41/h1-35H;1-30H. The lowest BCUT2D eigenvalue weighted by Gasteiger charge is -2.12. The smallest absolute Gasteiger partial charge is 0.164 e. The van der Waals surface area contributed by atoms with Gasteiger partial charge in [0.1, 0.15) is 0 Å². The summed E-state index contributed by atoms with van der Waals surface area (Å²) in [7, 11) is 0. The van der Waals surface area contributed by atoms with Crippen molar-refractivity contribution in [1.29, 1.82) is 0 Å². The van der Waals surface area contributed by atoms with Crippen molar-refractivity contribution in [3.05, 3.63) is 395 Å². The van der Waals surface area contributed by atoms with Gasteiger partial charge < -0.3 is 0 Å². The van der Waals surface area contributed by atoms with Crippen molar-refractivity contribution in [2.75, 3.05) is 0 Å². The minimum atomic E-state index is 0.543. The number of hydrogen-bond acceptors (Lipinski definition) is 15. The summed E-state index contributed by atoms with van der Waals surface area (Å²) in [6, 6.07) is 121. The van der Waals surface area contributed by atoms with Crippen LogP contribution in [0, 0.1) is 0 Å². The van der Waals surface area contributed by atoms with Crippen LogP contribution in [0.3, 0.4) is 0 Å². The fourth-order valence-electron chi connectivity index (χ4n) is 13.5. The largest absolute Gasteiger partial charge is 0.256 e. The molecule has 536 valence electrons. The van der Waals surface area contributed by atoms with Crippen LogP contribution in [0.25, 0.3) is 192 Å². The molecule has 7 aromatic carbocycles. The van der Waals surface area contributed by atoms with E-state index in [1.807, 2.05) is 267 Å². The second-order valence-electron chi connectivity index (χ2n) is 26.7. The van der Waals surface area contributed by atoms with Crippen LogP contribution >= 0.6 is 0 Å². The molecular formula is C99H65N15. The van der Waals surface area contributed by atoms with Gasteiger partial charge in [-0.25, -0.2) is 49.8 Å². The van der Waals surface area contributed by atoms with Crippen LogP contribution in [0.4, 0.5) is 0 Å². The molecule has 0 aliphatic rings. The first kappa shape index (κ1) is 69.8. The van der Waals surface area contributed by atoms with E-state index in [9.17, 15) is 0 Å². The molecule has 15 nitrogen and oxygen atoms in total. The lowest BCUT2D eigenvalue weighted by molar-refractivity contribution is 1.07. The van der Waals surface area contributed by atoms with Crippen molar-refractivity contribution in [3.63, 3.8) is 0 Å². The maximum Gasteiger partial charge on any atom is 0.164 e. The van der Waals surface area contributed by atoms with E-state index in [1.165, 1.54) is 0 Å². The van der Waals surface area contributed by atoms with Gasteiger partial charge in [-0.15, -0.1) is 0 Å². The van der Waals surface area contributed by atoms with Gasteiger partial charge in [0.05, 0.1) is 96.8 Å². The summed E-state index contributed by atoms with van der Waals surface area (Å²) >= 11 is 0. The van der Waals surface area contributed by atoms with Crippen LogP contribution in [0.2, 0.25) is 0 Å². The lowest BCUT2D eigenvalue weighted by atomic mass is 10.0. The van der Waals surface area contributed by atoms with Crippen molar-refractivity contribution < 1.29 is 0 Å². The predicted octanol–water partition coefficient (Wildman–Crippen LogP) is 22.6. The van der Waals surface area contributed by atoms with Crippen molar-refractivity contribution >= 4 is 0 Å². The molecule has 0 amide bonds. The average molecular weight is 1460 g/mol. The van der Waals surface area contributed by atoms with Crippen LogP contribution in [0.5, 0.6) is 0 Å². The molecule has 12 heterocycles. The Bertz CT molecular complexity index is 6130. The molecule has 0 atom stereocenters. The van der Waals surface area contributed by atoms with Gasteiger partial charge in [0.2, 0.25) is 0 Å². The normalized spacial score (nSPS) is 11.0. The first-order chi connectivity index (χ1) is 56.4. The van der Waals surface area contributed by atoms with Crippen molar-refractivity contribution in [3.8, 4) is 192 Å². The maximum absolute atomic E-state index is 5.24. The van der Waals surface area contributed by atoms with Gasteiger partial charge in [0.25, 0.3) is 0 Å². The van der Waals surface area contributed by atoms with E-state index in [0.29, 0.717) is 23.3 Å². The molecular weight excluding hydrogens is 1400 g/mol. The third kappa shape index (κ3) is 15.9. The van der Waals surface area contributed by atoms with E-state index < -0.39 is 0 Å². The van der Waals surface area contributed by atoms with E-state index in [4.69, 9.17) is 49.8 Å². The molecule has 0 aliphatic carbocycles. The fraction of sp³-hybridized carbons (Fsp3) is 0. The Morgan fingerprint density at radius 2 is 0.298 bits per heavy atom. The molecule has 0 bridgehead atoms. The Morgan fingerprint density at radius 1 is 0.105 bits per heavy atom. The summed E-state index contributed by atoms with van der Waals surface area (Å²) in [6.45, 7) is 0.